The standard InChI is InChI=1S/C14H17NO4S/c1-18-11-5-3-4-10(8-11)13(16)15-6-7-20-12(9-15)14(17)19-2/h3-5,8,12H,6-7,9H2,1-2H3/t12-/m0/s1. The van der Waals surface area contributed by atoms with E-state index >= 15 is 0 Å². The van der Waals surface area contributed by atoms with Crippen LogP contribution in [0.25, 0.3) is 0 Å². The van der Waals surface area contributed by atoms with Gasteiger partial charge in [-0.1, -0.05) is 6.07 Å². The zero-order valence-corrected chi connectivity index (χ0v) is 12.3. The van der Waals surface area contributed by atoms with Crippen LogP contribution in [0.1, 0.15) is 10.4 Å². The summed E-state index contributed by atoms with van der Waals surface area (Å²) >= 11 is 1.53. The minimum absolute atomic E-state index is 0.0851. The highest BCUT2D eigenvalue weighted by atomic mass is 32.2. The first-order valence-corrected chi connectivity index (χ1v) is 7.33. The zero-order valence-electron chi connectivity index (χ0n) is 11.5. The normalized spacial score (nSPS) is 18.5. The van der Waals surface area contributed by atoms with Crippen molar-refractivity contribution in [3.63, 3.8) is 0 Å². The Kier molecular flexibility index (Phi) is 4.89. The third kappa shape index (κ3) is 3.25. The lowest BCUT2D eigenvalue weighted by atomic mass is 10.2. The van der Waals surface area contributed by atoms with Crippen molar-refractivity contribution >= 4 is 23.6 Å². The predicted molar refractivity (Wildman–Crippen MR) is 77.2 cm³/mol. The molecule has 0 radical (unpaired) electrons. The maximum Gasteiger partial charge on any atom is 0.320 e. The molecule has 2 rings (SSSR count). The predicted octanol–water partition coefficient (Wildman–Crippen LogP) is 1.43. The highest BCUT2D eigenvalue weighted by Crippen LogP contribution is 2.22. The van der Waals surface area contributed by atoms with Crippen LogP contribution >= 0.6 is 11.8 Å². The lowest BCUT2D eigenvalue weighted by Crippen LogP contribution is -2.44. The first-order chi connectivity index (χ1) is 9.65. The molecule has 0 N–H and O–H groups in total. The van der Waals surface area contributed by atoms with Crippen LogP contribution in [0.4, 0.5) is 0 Å². The molecular formula is C14H17NO4S. The molecule has 1 saturated heterocycles. The Morgan fingerprint density at radius 2 is 2.15 bits per heavy atom. The van der Waals surface area contributed by atoms with E-state index in [0.717, 1.165) is 5.75 Å². The summed E-state index contributed by atoms with van der Waals surface area (Å²) in [6.45, 7) is 1.02. The van der Waals surface area contributed by atoms with E-state index in [9.17, 15) is 9.59 Å². The monoisotopic (exact) mass is 295 g/mol. The van der Waals surface area contributed by atoms with Crippen LogP contribution in [0.3, 0.4) is 0 Å². The van der Waals surface area contributed by atoms with Crippen molar-refractivity contribution in [3.05, 3.63) is 29.8 Å². The van der Waals surface area contributed by atoms with Crippen molar-refractivity contribution in [3.8, 4) is 5.75 Å². The quantitative estimate of drug-likeness (QED) is 0.790. The van der Waals surface area contributed by atoms with E-state index in [4.69, 9.17) is 9.47 Å². The van der Waals surface area contributed by atoms with Crippen molar-refractivity contribution in [1.29, 1.82) is 0 Å². The van der Waals surface area contributed by atoms with Gasteiger partial charge in [0, 0.05) is 24.4 Å². The van der Waals surface area contributed by atoms with Crippen molar-refractivity contribution in [1.82, 2.24) is 4.90 Å². The summed E-state index contributed by atoms with van der Waals surface area (Å²) in [4.78, 5) is 25.7. The molecule has 1 aliphatic rings. The van der Waals surface area contributed by atoms with Gasteiger partial charge in [-0.25, -0.2) is 0 Å². The largest absolute Gasteiger partial charge is 0.497 e. The number of methoxy groups -OCH3 is 2. The van der Waals surface area contributed by atoms with Crippen LogP contribution in [0.5, 0.6) is 5.75 Å². The minimum Gasteiger partial charge on any atom is -0.497 e. The van der Waals surface area contributed by atoms with Crippen molar-refractivity contribution < 1.29 is 19.1 Å². The van der Waals surface area contributed by atoms with Gasteiger partial charge >= 0.3 is 5.97 Å². The van der Waals surface area contributed by atoms with Gasteiger partial charge in [0.1, 0.15) is 11.0 Å². The topological polar surface area (TPSA) is 55.8 Å². The van der Waals surface area contributed by atoms with E-state index < -0.39 is 0 Å². The molecule has 0 unspecified atom stereocenters. The van der Waals surface area contributed by atoms with Crippen LogP contribution in [0.2, 0.25) is 0 Å². The highest BCUT2D eigenvalue weighted by Gasteiger charge is 2.30. The van der Waals surface area contributed by atoms with Crippen LogP contribution < -0.4 is 4.74 Å². The number of hydrogen-bond acceptors (Lipinski definition) is 5. The number of nitrogens with zero attached hydrogens (tertiary/aromatic N) is 1. The van der Waals surface area contributed by atoms with Crippen LogP contribution in [0, 0.1) is 0 Å². The maximum absolute atomic E-state index is 12.4. The van der Waals surface area contributed by atoms with Gasteiger partial charge in [0.05, 0.1) is 14.2 Å². The molecule has 1 amide bonds. The van der Waals surface area contributed by atoms with Gasteiger partial charge in [-0.15, -0.1) is 11.8 Å². The second-order valence-electron chi connectivity index (χ2n) is 4.37. The summed E-state index contributed by atoms with van der Waals surface area (Å²) in [6.07, 6.45) is 0. The summed E-state index contributed by atoms with van der Waals surface area (Å²) in [5, 5.41) is -0.302. The van der Waals surface area contributed by atoms with Gasteiger partial charge in [-0.05, 0) is 18.2 Å². The number of carbonyl (C=O) groups is 2. The molecule has 1 aromatic rings. The highest BCUT2D eigenvalue weighted by molar-refractivity contribution is 8.00. The molecule has 5 nitrogen and oxygen atoms in total. The molecule has 0 aliphatic carbocycles. The smallest absolute Gasteiger partial charge is 0.320 e. The number of carbonyl (C=O) groups excluding carboxylic acids is 2. The molecule has 0 saturated carbocycles. The van der Waals surface area contributed by atoms with Gasteiger partial charge in [0.25, 0.3) is 5.91 Å². The second kappa shape index (κ2) is 6.65. The van der Waals surface area contributed by atoms with E-state index in [0.29, 0.717) is 24.4 Å². The van der Waals surface area contributed by atoms with Gasteiger partial charge in [-0.2, -0.15) is 0 Å². The van der Waals surface area contributed by atoms with Crippen molar-refractivity contribution in [2.24, 2.45) is 0 Å². The summed E-state index contributed by atoms with van der Waals surface area (Å²) in [5.74, 6) is 1.01. The van der Waals surface area contributed by atoms with Gasteiger partial charge in [0.2, 0.25) is 0 Å². The third-order valence-corrected chi connectivity index (χ3v) is 4.30. The number of benzene rings is 1. The Balaban J connectivity index is 2.10. The molecule has 108 valence electrons. The number of thioether (sulfide) groups is 1. The lowest BCUT2D eigenvalue weighted by molar-refractivity contribution is -0.140. The molecule has 1 atom stereocenters. The average molecular weight is 295 g/mol. The van der Waals surface area contributed by atoms with Crippen LogP contribution in [-0.4, -0.2) is 55.1 Å². The van der Waals surface area contributed by atoms with Crippen LogP contribution in [0.15, 0.2) is 24.3 Å². The summed E-state index contributed by atoms with van der Waals surface area (Å²) in [5.41, 5.74) is 0.569. The Labute approximate surface area is 122 Å². The summed E-state index contributed by atoms with van der Waals surface area (Å²) < 4.78 is 9.86. The molecular weight excluding hydrogens is 278 g/mol. The molecule has 0 bridgehead atoms. The number of amides is 1. The first kappa shape index (κ1) is 14.7. The molecule has 1 fully saturated rings. The molecule has 0 spiro atoms. The van der Waals surface area contributed by atoms with E-state index in [2.05, 4.69) is 0 Å². The van der Waals surface area contributed by atoms with E-state index in [1.54, 1.807) is 36.3 Å². The minimum atomic E-state index is -0.302. The molecule has 0 aromatic heterocycles. The third-order valence-electron chi connectivity index (χ3n) is 3.13. The Morgan fingerprint density at radius 1 is 1.35 bits per heavy atom. The SMILES string of the molecule is COC(=O)[C@@H]1CN(C(=O)c2cccc(OC)c2)CCS1. The van der Waals surface area contributed by atoms with E-state index in [-0.39, 0.29) is 17.1 Å². The fraction of sp³-hybridized carbons (Fsp3) is 0.429. The summed E-state index contributed by atoms with van der Waals surface area (Å²) in [7, 11) is 2.93. The molecule has 1 heterocycles. The molecule has 1 aromatic carbocycles. The van der Waals surface area contributed by atoms with E-state index in [1.807, 2.05) is 0 Å². The fourth-order valence-electron chi connectivity index (χ4n) is 2.05. The molecule has 1 aliphatic heterocycles. The number of hydrogen-bond donors (Lipinski definition) is 0. The number of rotatable bonds is 3. The summed E-state index contributed by atoms with van der Waals surface area (Å²) in [6, 6.07) is 7.03. The molecule has 20 heavy (non-hydrogen) atoms. The fourth-order valence-corrected chi connectivity index (χ4v) is 3.17. The lowest BCUT2D eigenvalue weighted by Gasteiger charge is -2.31. The van der Waals surface area contributed by atoms with Gasteiger partial charge in [-0.3, -0.25) is 9.59 Å². The van der Waals surface area contributed by atoms with Crippen molar-refractivity contribution in [2.75, 3.05) is 33.1 Å². The zero-order chi connectivity index (χ0) is 14.5. The average Bonchev–Trinajstić information content (AvgIpc) is 2.53. The van der Waals surface area contributed by atoms with Crippen molar-refractivity contribution in [2.45, 2.75) is 5.25 Å². The Bertz CT molecular complexity index is 506. The van der Waals surface area contributed by atoms with Crippen LogP contribution in [-0.2, 0) is 9.53 Å². The van der Waals surface area contributed by atoms with E-state index in [1.165, 1.54) is 18.9 Å². The number of esters is 1. The Morgan fingerprint density at radius 3 is 2.85 bits per heavy atom. The second-order valence-corrected chi connectivity index (χ2v) is 5.68. The first-order valence-electron chi connectivity index (χ1n) is 6.28. The number of ether oxygens (including phenoxy) is 2. The van der Waals surface area contributed by atoms with Gasteiger partial charge < -0.3 is 14.4 Å². The molecule has 6 heteroatoms. The van der Waals surface area contributed by atoms with Gasteiger partial charge in [0.15, 0.2) is 0 Å². The maximum atomic E-state index is 12.4. The Hall–Kier alpha value is -1.69.